The first-order valence-electron chi connectivity index (χ1n) is 8.28. The van der Waals surface area contributed by atoms with Crippen molar-refractivity contribution in [1.29, 1.82) is 0 Å². The van der Waals surface area contributed by atoms with Gasteiger partial charge in [0.15, 0.2) is 6.61 Å². The number of amides is 1. The highest BCUT2D eigenvalue weighted by Gasteiger charge is 2.33. The average Bonchev–Trinajstić information content (AvgIpc) is 2.68. The molecule has 1 N–H and O–H groups in total. The lowest BCUT2D eigenvalue weighted by molar-refractivity contribution is -0.137. The molecule has 3 rings (SSSR count). The van der Waals surface area contributed by atoms with Crippen molar-refractivity contribution in [3.8, 4) is 16.9 Å². The van der Waals surface area contributed by atoms with Crippen molar-refractivity contribution >= 4 is 23.2 Å². The van der Waals surface area contributed by atoms with E-state index >= 15 is 0 Å². The molecule has 0 spiro atoms. The number of hydrogen-bond acceptors (Lipinski definition) is 2. The van der Waals surface area contributed by atoms with Gasteiger partial charge in [-0.25, -0.2) is 0 Å². The number of rotatable bonds is 5. The lowest BCUT2D eigenvalue weighted by atomic mass is 10.1. The van der Waals surface area contributed by atoms with Gasteiger partial charge in [-0.1, -0.05) is 54.1 Å². The van der Waals surface area contributed by atoms with Crippen LogP contribution in [-0.4, -0.2) is 12.5 Å². The zero-order valence-corrected chi connectivity index (χ0v) is 15.2. The Labute approximate surface area is 164 Å². The number of nitrogens with one attached hydrogen (secondary N) is 1. The number of carbonyl (C=O) groups excluding carboxylic acids is 1. The second-order valence-electron chi connectivity index (χ2n) is 5.92. The van der Waals surface area contributed by atoms with E-state index in [-0.39, 0.29) is 12.3 Å². The fourth-order valence-electron chi connectivity index (χ4n) is 2.54. The van der Waals surface area contributed by atoms with E-state index in [0.29, 0.717) is 5.75 Å². The minimum Gasteiger partial charge on any atom is -0.484 e. The lowest BCUT2D eigenvalue weighted by Crippen LogP contribution is -2.20. The molecule has 0 saturated heterocycles. The quantitative estimate of drug-likeness (QED) is 0.561. The summed E-state index contributed by atoms with van der Waals surface area (Å²) in [7, 11) is 0. The second kappa shape index (κ2) is 8.35. The van der Waals surface area contributed by atoms with E-state index in [2.05, 4.69) is 5.32 Å². The summed E-state index contributed by atoms with van der Waals surface area (Å²) in [6.07, 6.45) is -4.60. The molecular formula is C21H15ClF3NO2. The molecule has 0 aliphatic carbocycles. The standard InChI is InChI=1S/C21H15ClF3NO2/c22-19-11-8-16(12-18(19)21(23,24)25)26-20(27)13-28-17-9-6-15(7-10-17)14-4-2-1-3-5-14/h1-12H,13H2,(H,26,27). The van der Waals surface area contributed by atoms with Crippen LogP contribution in [0.25, 0.3) is 11.1 Å². The van der Waals surface area contributed by atoms with Gasteiger partial charge in [0.2, 0.25) is 0 Å². The van der Waals surface area contributed by atoms with Crippen LogP contribution in [0.15, 0.2) is 72.8 Å². The van der Waals surface area contributed by atoms with Crippen LogP contribution in [0.1, 0.15) is 5.56 Å². The summed E-state index contributed by atoms with van der Waals surface area (Å²) in [6, 6.07) is 20.1. The van der Waals surface area contributed by atoms with E-state index in [1.807, 2.05) is 42.5 Å². The Kier molecular flexibility index (Phi) is 5.90. The van der Waals surface area contributed by atoms with Crippen molar-refractivity contribution in [2.24, 2.45) is 0 Å². The zero-order chi connectivity index (χ0) is 20.1. The summed E-state index contributed by atoms with van der Waals surface area (Å²) in [5.74, 6) is -0.107. The van der Waals surface area contributed by atoms with Gasteiger partial charge in [0.25, 0.3) is 5.91 Å². The Bertz CT molecular complexity index is 958. The molecule has 3 nitrogen and oxygen atoms in total. The molecular weight excluding hydrogens is 391 g/mol. The van der Waals surface area contributed by atoms with E-state index in [1.54, 1.807) is 12.1 Å². The molecule has 0 fully saturated rings. The maximum atomic E-state index is 12.9. The van der Waals surface area contributed by atoms with Crippen LogP contribution in [0.5, 0.6) is 5.75 Å². The minimum atomic E-state index is -4.60. The molecule has 0 radical (unpaired) electrons. The molecule has 3 aromatic carbocycles. The fraction of sp³-hybridized carbons (Fsp3) is 0.0952. The monoisotopic (exact) mass is 405 g/mol. The molecule has 3 aromatic rings. The molecule has 144 valence electrons. The van der Waals surface area contributed by atoms with E-state index in [9.17, 15) is 18.0 Å². The molecule has 1 amide bonds. The van der Waals surface area contributed by atoms with Gasteiger partial charge < -0.3 is 10.1 Å². The summed E-state index contributed by atoms with van der Waals surface area (Å²) in [6.45, 7) is -0.339. The molecule has 0 aromatic heterocycles. The average molecular weight is 406 g/mol. The summed E-state index contributed by atoms with van der Waals surface area (Å²) in [5, 5.41) is 1.94. The third-order valence-electron chi connectivity index (χ3n) is 3.89. The molecule has 0 bridgehead atoms. The van der Waals surface area contributed by atoms with Crippen LogP contribution in [-0.2, 0) is 11.0 Å². The summed E-state index contributed by atoms with van der Waals surface area (Å²) in [5.41, 5.74) is 1.03. The number of anilines is 1. The first-order valence-corrected chi connectivity index (χ1v) is 8.65. The summed E-state index contributed by atoms with van der Waals surface area (Å²) < 4.78 is 44.0. The van der Waals surface area contributed by atoms with Crippen LogP contribution in [0, 0.1) is 0 Å². The summed E-state index contributed by atoms with van der Waals surface area (Å²) >= 11 is 5.56. The Hall–Kier alpha value is -2.99. The highest BCUT2D eigenvalue weighted by atomic mass is 35.5. The summed E-state index contributed by atoms with van der Waals surface area (Å²) in [4.78, 5) is 12.0. The largest absolute Gasteiger partial charge is 0.484 e. The van der Waals surface area contributed by atoms with E-state index in [4.69, 9.17) is 16.3 Å². The van der Waals surface area contributed by atoms with Gasteiger partial charge in [0.1, 0.15) is 5.75 Å². The van der Waals surface area contributed by atoms with Crippen LogP contribution in [0.2, 0.25) is 5.02 Å². The number of benzene rings is 3. The van der Waals surface area contributed by atoms with Crippen molar-refractivity contribution in [2.75, 3.05) is 11.9 Å². The van der Waals surface area contributed by atoms with E-state index in [0.717, 1.165) is 23.3 Å². The van der Waals surface area contributed by atoms with Gasteiger partial charge in [-0.15, -0.1) is 0 Å². The van der Waals surface area contributed by atoms with Crippen LogP contribution in [0.4, 0.5) is 18.9 Å². The van der Waals surface area contributed by atoms with Gasteiger partial charge in [-0.3, -0.25) is 4.79 Å². The van der Waals surface area contributed by atoms with E-state index < -0.39 is 22.7 Å². The van der Waals surface area contributed by atoms with Crippen LogP contribution >= 0.6 is 11.6 Å². The number of hydrogen-bond donors (Lipinski definition) is 1. The normalized spacial score (nSPS) is 11.1. The maximum absolute atomic E-state index is 12.9. The number of alkyl halides is 3. The Morgan fingerprint density at radius 2 is 1.57 bits per heavy atom. The van der Waals surface area contributed by atoms with Gasteiger partial charge in [-0.05, 0) is 41.5 Å². The number of ether oxygens (including phenoxy) is 1. The molecule has 0 saturated carbocycles. The first-order chi connectivity index (χ1) is 13.3. The third kappa shape index (κ3) is 5.04. The molecule has 28 heavy (non-hydrogen) atoms. The fourth-order valence-corrected chi connectivity index (χ4v) is 2.77. The topological polar surface area (TPSA) is 38.3 Å². The molecule has 0 aliphatic heterocycles. The molecule has 0 aliphatic rings. The van der Waals surface area contributed by atoms with Crippen molar-refractivity contribution in [2.45, 2.75) is 6.18 Å². The van der Waals surface area contributed by atoms with Crippen LogP contribution < -0.4 is 10.1 Å². The third-order valence-corrected chi connectivity index (χ3v) is 4.22. The smallest absolute Gasteiger partial charge is 0.417 e. The van der Waals surface area contributed by atoms with Crippen LogP contribution in [0.3, 0.4) is 0 Å². The predicted molar refractivity (Wildman–Crippen MR) is 102 cm³/mol. The second-order valence-corrected chi connectivity index (χ2v) is 6.33. The Balaban J connectivity index is 1.59. The highest BCUT2D eigenvalue weighted by Crippen LogP contribution is 2.36. The van der Waals surface area contributed by atoms with Crippen molar-refractivity contribution in [3.63, 3.8) is 0 Å². The van der Waals surface area contributed by atoms with Gasteiger partial charge in [0.05, 0.1) is 10.6 Å². The molecule has 0 atom stereocenters. The van der Waals surface area contributed by atoms with Gasteiger partial charge in [-0.2, -0.15) is 13.2 Å². The zero-order valence-electron chi connectivity index (χ0n) is 14.5. The molecule has 0 unspecified atom stereocenters. The first kappa shape index (κ1) is 19.8. The van der Waals surface area contributed by atoms with Gasteiger partial charge in [0, 0.05) is 5.69 Å². The number of halogens is 4. The minimum absolute atomic E-state index is 0.00949. The lowest BCUT2D eigenvalue weighted by Gasteiger charge is -2.12. The predicted octanol–water partition coefficient (Wildman–Crippen LogP) is 6.04. The van der Waals surface area contributed by atoms with Gasteiger partial charge >= 0.3 is 6.18 Å². The Morgan fingerprint density at radius 1 is 0.929 bits per heavy atom. The molecule has 0 heterocycles. The van der Waals surface area contributed by atoms with Crippen molar-refractivity contribution < 1.29 is 22.7 Å². The Morgan fingerprint density at radius 3 is 2.21 bits per heavy atom. The van der Waals surface area contributed by atoms with Crippen molar-refractivity contribution in [3.05, 3.63) is 83.4 Å². The number of carbonyl (C=O) groups is 1. The van der Waals surface area contributed by atoms with Crippen molar-refractivity contribution in [1.82, 2.24) is 0 Å². The van der Waals surface area contributed by atoms with E-state index in [1.165, 1.54) is 6.07 Å². The molecule has 7 heteroatoms. The SMILES string of the molecule is O=C(COc1ccc(-c2ccccc2)cc1)Nc1ccc(Cl)c(C(F)(F)F)c1. The highest BCUT2D eigenvalue weighted by molar-refractivity contribution is 6.31. The maximum Gasteiger partial charge on any atom is 0.417 e.